The SMILES string of the molecule is O=P([O-])([O-])C(F)(F)c1cc2cc(CO)sc2cc1Br.[NH4+].[NH4+]. The first-order chi connectivity index (χ1) is 8.66. The van der Waals surface area contributed by atoms with Crippen molar-refractivity contribution in [1.82, 2.24) is 12.3 Å². The van der Waals surface area contributed by atoms with E-state index in [1.807, 2.05) is 0 Å². The van der Waals surface area contributed by atoms with E-state index in [1.165, 1.54) is 23.5 Å². The summed E-state index contributed by atoms with van der Waals surface area (Å²) >= 11 is 4.03. The second-order valence-electron chi connectivity index (χ2n) is 3.78. The van der Waals surface area contributed by atoms with E-state index in [4.69, 9.17) is 5.11 Å². The van der Waals surface area contributed by atoms with Crippen molar-refractivity contribution in [2.24, 2.45) is 0 Å². The minimum Gasteiger partial charge on any atom is -0.806 e. The maximum Gasteiger partial charge on any atom is 0.298 e. The minimum absolute atomic E-state index is 0. The Hall–Kier alpha value is -0.450. The molecule has 1 heterocycles. The summed E-state index contributed by atoms with van der Waals surface area (Å²) in [5.41, 5.74) is -5.38. The number of aliphatic hydroxyl groups excluding tert-OH is 1. The number of hydrogen-bond acceptors (Lipinski definition) is 5. The predicted octanol–water partition coefficient (Wildman–Crippen LogP) is 2.87. The summed E-state index contributed by atoms with van der Waals surface area (Å²) in [6, 6.07) is 3.71. The van der Waals surface area contributed by atoms with Gasteiger partial charge in [0, 0.05) is 27.2 Å². The average molecular weight is 407 g/mol. The second kappa shape index (κ2) is 6.76. The monoisotopic (exact) mass is 406 g/mol. The average Bonchev–Trinajstić information content (AvgIpc) is 2.68. The molecule has 11 heteroatoms. The highest BCUT2D eigenvalue weighted by Gasteiger charge is 2.38. The van der Waals surface area contributed by atoms with Crippen LogP contribution in [-0.2, 0) is 16.8 Å². The van der Waals surface area contributed by atoms with Crippen LogP contribution < -0.4 is 22.1 Å². The van der Waals surface area contributed by atoms with Crippen molar-refractivity contribution >= 4 is 44.9 Å². The molecule has 21 heavy (non-hydrogen) atoms. The van der Waals surface area contributed by atoms with Crippen LogP contribution in [0.5, 0.6) is 0 Å². The third-order valence-electron chi connectivity index (χ3n) is 2.48. The van der Waals surface area contributed by atoms with Crippen LogP contribution in [0.4, 0.5) is 8.78 Å². The van der Waals surface area contributed by atoms with Gasteiger partial charge in [-0.2, -0.15) is 8.78 Å². The lowest BCUT2D eigenvalue weighted by molar-refractivity contribution is -0.335. The van der Waals surface area contributed by atoms with Gasteiger partial charge in [0.25, 0.3) is 5.66 Å². The molecule has 1 aromatic heterocycles. The highest BCUT2D eigenvalue weighted by molar-refractivity contribution is 9.10. The number of alkyl halides is 2. The van der Waals surface area contributed by atoms with Crippen LogP contribution in [0.3, 0.4) is 0 Å². The fourth-order valence-corrected chi connectivity index (χ4v) is 3.90. The first-order valence-corrected chi connectivity index (χ1v) is 8.05. The maximum atomic E-state index is 13.6. The molecule has 0 aliphatic heterocycles. The van der Waals surface area contributed by atoms with Gasteiger partial charge in [0.1, 0.15) is 0 Å². The van der Waals surface area contributed by atoms with Gasteiger partial charge in [-0.3, -0.25) is 0 Å². The summed E-state index contributed by atoms with van der Waals surface area (Å²) in [6.45, 7) is -0.246. The molecule has 0 fully saturated rings. The van der Waals surface area contributed by atoms with Crippen LogP contribution in [0, 0.1) is 0 Å². The summed E-state index contributed by atoms with van der Waals surface area (Å²) in [5, 5.41) is 9.32. The fraction of sp³-hybridized carbons (Fsp3) is 0.200. The van der Waals surface area contributed by atoms with Crippen LogP contribution in [0.2, 0.25) is 0 Å². The van der Waals surface area contributed by atoms with Crippen LogP contribution in [-0.4, -0.2) is 5.11 Å². The Labute approximate surface area is 131 Å². The van der Waals surface area contributed by atoms with E-state index in [9.17, 15) is 23.1 Å². The molecule has 0 amide bonds. The molecule has 9 N–H and O–H groups in total. The molecule has 0 aliphatic carbocycles. The quantitative estimate of drug-likeness (QED) is 0.669. The first-order valence-electron chi connectivity index (χ1n) is 4.90. The van der Waals surface area contributed by atoms with Crippen molar-refractivity contribution in [3.8, 4) is 0 Å². The number of hydrogen-bond donors (Lipinski definition) is 3. The third kappa shape index (κ3) is 3.66. The number of rotatable bonds is 3. The van der Waals surface area contributed by atoms with Crippen molar-refractivity contribution < 1.29 is 28.2 Å². The molecule has 0 aliphatic rings. The predicted molar refractivity (Wildman–Crippen MR) is 78.9 cm³/mol. The standard InChI is InChI=1S/C10H8BrF2O4PS.2H3N/c11-8-3-9-5(1-6(4-14)19-9)2-7(8)10(12,13)18(15,16)17;;/h1-3,14H,4H2,(H2,15,16,17);2*1H3. The van der Waals surface area contributed by atoms with E-state index in [0.29, 0.717) is 15.0 Å². The van der Waals surface area contributed by atoms with Gasteiger partial charge in [-0.15, -0.1) is 11.3 Å². The van der Waals surface area contributed by atoms with E-state index in [0.717, 1.165) is 6.07 Å². The van der Waals surface area contributed by atoms with Crippen LogP contribution in [0.25, 0.3) is 10.1 Å². The molecule has 0 atom stereocenters. The van der Waals surface area contributed by atoms with Crippen molar-refractivity contribution in [3.05, 3.63) is 33.1 Å². The van der Waals surface area contributed by atoms with Crippen molar-refractivity contribution in [2.75, 3.05) is 0 Å². The molecule has 0 saturated carbocycles. The Morgan fingerprint density at radius 3 is 2.33 bits per heavy atom. The van der Waals surface area contributed by atoms with E-state index in [2.05, 4.69) is 15.9 Å². The van der Waals surface area contributed by atoms with E-state index in [-0.39, 0.29) is 23.4 Å². The lowest BCUT2D eigenvalue weighted by Gasteiger charge is -2.38. The Balaban J connectivity index is 0.00000200. The molecule has 0 spiro atoms. The molecule has 0 radical (unpaired) electrons. The Kier molecular flexibility index (Phi) is 6.61. The zero-order valence-corrected chi connectivity index (χ0v) is 14.4. The summed E-state index contributed by atoms with van der Waals surface area (Å²) < 4.78 is 38.3. The zero-order valence-electron chi connectivity index (χ0n) is 11.1. The Morgan fingerprint density at radius 1 is 1.29 bits per heavy atom. The number of halogens is 3. The number of quaternary nitrogens is 2. The van der Waals surface area contributed by atoms with Gasteiger partial charge in [0.2, 0.25) is 0 Å². The molecule has 0 saturated heterocycles. The molecule has 0 unspecified atom stereocenters. The zero-order chi connectivity index (χ0) is 14.4. The minimum atomic E-state index is -6.10. The molecule has 120 valence electrons. The fourth-order valence-electron chi connectivity index (χ4n) is 1.57. The summed E-state index contributed by atoms with van der Waals surface area (Å²) in [6.07, 6.45) is 0. The van der Waals surface area contributed by atoms with Crippen molar-refractivity contribution in [3.63, 3.8) is 0 Å². The molecule has 6 nitrogen and oxygen atoms in total. The molecule has 2 aromatic rings. The number of aliphatic hydroxyl groups is 1. The lowest BCUT2D eigenvalue weighted by atomic mass is 10.1. The third-order valence-corrected chi connectivity index (χ3v) is 5.15. The van der Waals surface area contributed by atoms with Gasteiger partial charge in [0.05, 0.1) is 6.61 Å². The van der Waals surface area contributed by atoms with Crippen LogP contribution in [0.15, 0.2) is 22.7 Å². The van der Waals surface area contributed by atoms with Gasteiger partial charge < -0.3 is 31.8 Å². The largest absolute Gasteiger partial charge is 0.806 e. The first kappa shape index (κ1) is 20.6. The molecule has 1 aromatic carbocycles. The summed E-state index contributed by atoms with van der Waals surface area (Å²) in [5.74, 6) is 0. The van der Waals surface area contributed by atoms with Crippen LogP contribution in [0.1, 0.15) is 10.4 Å². The van der Waals surface area contributed by atoms with Gasteiger partial charge >= 0.3 is 0 Å². The molecule has 2 rings (SSSR count). The van der Waals surface area contributed by atoms with Crippen LogP contribution >= 0.6 is 34.9 Å². The number of fused-ring (bicyclic) bond motifs is 1. The lowest BCUT2D eigenvalue weighted by Crippen LogP contribution is -2.30. The van der Waals surface area contributed by atoms with Gasteiger partial charge in [-0.05, 0) is 23.6 Å². The van der Waals surface area contributed by atoms with Gasteiger partial charge in [-0.25, -0.2) is 0 Å². The Bertz CT molecular complexity index is 691. The van der Waals surface area contributed by atoms with E-state index >= 15 is 0 Å². The van der Waals surface area contributed by atoms with Gasteiger partial charge in [0.15, 0.2) is 0 Å². The highest BCUT2D eigenvalue weighted by Crippen LogP contribution is 2.55. The summed E-state index contributed by atoms with van der Waals surface area (Å²) in [4.78, 5) is 21.9. The van der Waals surface area contributed by atoms with Gasteiger partial charge in [-0.1, -0.05) is 15.9 Å². The van der Waals surface area contributed by atoms with E-state index in [1.54, 1.807) is 0 Å². The number of benzene rings is 1. The number of thiophene rings is 1. The molecule has 0 bridgehead atoms. The maximum absolute atomic E-state index is 13.6. The smallest absolute Gasteiger partial charge is 0.298 e. The molecular weight excluding hydrogens is 393 g/mol. The second-order valence-corrected chi connectivity index (χ2v) is 7.36. The highest BCUT2D eigenvalue weighted by atomic mass is 79.9. The summed E-state index contributed by atoms with van der Waals surface area (Å²) in [7, 11) is -6.10. The topological polar surface area (TPSA) is 156 Å². The van der Waals surface area contributed by atoms with Crippen molar-refractivity contribution in [1.29, 1.82) is 0 Å². The molecular formula is C10H14BrF2N2O4PS. The normalized spacial score (nSPS) is 11.9. The van der Waals surface area contributed by atoms with E-state index < -0.39 is 18.8 Å². The van der Waals surface area contributed by atoms with Crippen molar-refractivity contribution in [2.45, 2.75) is 12.3 Å². The Morgan fingerprint density at radius 2 is 1.86 bits per heavy atom.